The molecule has 2 saturated carbocycles. The molecular weight excluding hydrogens is 284 g/mol. The molecule has 4 rings (SSSR count). The highest BCUT2D eigenvalue weighted by molar-refractivity contribution is 5.91. The number of hydrogen-bond donors (Lipinski definition) is 0. The first kappa shape index (κ1) is 15.4. The van der Waals surface area contributed by atoms with Gasteiger partial charge in [0.15, 0.2) is 5.78 Å². The largest absolute Gasteiger partial charge is 0.300 e. The summed E-state index contributed by atoms with van der Waals surface area (Å²) in [5.74, 6) is 2.20. The van der Waals surface area contributed by atoms with Crippen LogP contribution in [0.25, 0.3) is 0 Å². The monoisotopic (exact) mass is 312 g/mol. The molecular formula is C21H28O2. The van der Waals surface area contributed by atoms with Crippen LogP contribution in [0.2, 0.25) is 0 Å². The van der Waals surface area contributed by atoms with Gasteiger partial charge in [-0.2, -0.15) is 0 Å². The van der Waals surface area contributed by atoms with E-state index in [9.17, 15) is 9.59 Å². The molecule has 0 unspecified atom stereocenters. The van der Waals surface area contributed by atoms with Crippen LogP contribution in [-0.4, -0.2) is 11.6 Å². The van der Waals surface area contributed by atoms with Crippen LogP contribution in [0.5, 0.6) is 0 Å². The molecule has 5 atom stereocenters. The van der Waals surface area contributed by atoms with Gasteiger partial charge in [-0.1, -0.05) is 31.1 Å². The van der Waals surface area contributed by atoms with Crippen molar-refractivity contribution < 1.29 is 9.59 Å². The van der Waals surface area contributed by atoms with E-state index in [-0.39, 0.29) is 16.7 Å². The van der Waals surface area contributed by atoms with E-state index >= 15 is 0 Å². The van der Waals surface area contributed by atoms with Crippen LogP contribution in [0.3, 0.4) is 0 Å². The molecule has 23 heavy (non-hydrogen) atoms. The lowest BCUT2D eigenvalue weighted by Crippen LogP contribution is -2.48. The highest BCUT2D eigenvalue weighted by atomic mass is 16.1. The number of allylic oxidation sites excluding steroid dienone is 4. The Morgan fingerprint density at radius 1 is 1.13 bits per heavy atom. The van der Waals surface area contributed by atoms with E-state index in [4.69, 9.17) is 0 Å². The van der Waals surface area contributed by atoms with E-state index in [1.807, 2.05) is 6.08 Å². The molecule has 2 fully saturated rings. The van der Waals surface area contributed by atoms with Gasteiger partial charge in [-0.15, -0.1) is 0 Å². The summed E-state index contributed by atoms with van der Waals surface area (Å²) >= 11 is 0. The lowest BCUT2D eigenvalue weighted by molar-refractivity contribution is -0.124. The van der Waals surface area contributed by atoms with E-state index in [0.29, 0.717) is 23.4 Å². The summed E-state index contributed by atoms with van der Waals surface area (Å²) in [6.07, 6.45) is 11.7. The van der Waals surface area contributed by atoms with Crippen molar-refractivity contribution in [2.24, 2.45) is 28.6 Å². The Morgan fingerprint density at radius 3 is 2.65 bits per heavy atom. The van der Waals surface area contributed by atoms with Gasteiger partial charge in [0.1, 0.15) is 5.78 Å². The molecule has 0 heterocycles. The number of Topliss-reactive ketones (excluding diaryl/α,β-unsaturated/α-hetero) is 1. The van der Waals surface area contributed by atoms with E-state index in [1.165, 1.54) is 18.4 Å². The van der Waals surface area contributed by atoms with Gasteiger partial charge in [0.25, 0.3) is 0 Å². The Balaban J connectivity index is 1.70. The van der Waals surface area contributed by atoms with Crippen molar-refractivity contribution in [1.29, 1.82) is 0 Å². The molecule has 4 aliphatic carbocycles. The fourth-order valence-electron chi connectivity index (χ4n) is 6.51. The molecule has 124 valence electrons. The van der Waals surface area contributed by atoms with E-state index in [1.54, 1.807) is 12.5 Å². The van der Waals surface area contributed by atoms with Crippen LogP contribution in [0.4, 0.5) is 0 Å². The summed E-state index contributed by atoms with van der Waals surface area (Å²) in [6, 6.07) is 0. The van der Waals surface area contributed by atoms with Crippen LogP contribution in [0.1, 0.15) is 65.7 Å². The van der Waals surface area contributed by atoms with Crippen LogP contribution in [-0.2, 0) is 9.59 Å². The molecule has 0 bridgehead atoms. The Labute approximate surface area is 139 Å². The average Bonchev–Trinajstić information content (AvgIpc) is 2.85. The number of hydrogen-bond acceptors (Lipinski definition) is 2. The third-order valence-electron chi connectivity index (χ3n) is 7.86. The summed E-state index contributed by atoms with van der Waals surface area (Å²) in [4.78, 5) is 24.0. The first-order chi connectivity index (χ1) is 10.9. The zero-order chi connectivity index (χ0) is 16.4. The zero-order valence-electron chi connectivity index (χ0n) is 14.7. The molecule has 0 aromatic rings. The molecule has 0 spiro atoms. The van der Waals surface area contributed by atoms with Crippen molar-refractivity contribution in [2.45, 2.75) is 65.7 Å². The molecule has 0 N–H and O–H groups in total. The van der Waals surface area contributed by atoms with Crippen molar-refractivity contribution in [3.63, 3.8) is 0 Å². The smallest absolute Gasteiger partial charge is 0.155 e. The fraction of sp³-hybridized carbons (Fsp3) is 0.714. The quantitative estimate of drug-likeness (QED) is 0.661. The Kier molecular flexibility index (Phi) is 3.28. The SMILES string of the molecule is CC(=O)[C@H]1CC=C2[C@@H]3CCC4=CC(=O)CC[C@]4(C)[C@H]3CC[C@@]21C. The third-order valence-corrected chi connectivity index (χ3v) is 7.86. The van der Waals surface area contributed by atoms with Crippen LogP contribution >= 0.6 is 0 Å². The molecule has 0 radical (unpaired) electrons. The highest BCUT2D eigenvalue weighted by Gasteiger charge is 2.56. The molecule has 2 nitrogen and oxygen atoms in total. The van der Waals surface area contributed by atoms with Gasteiger partial charge in [0.05, 0.1) is 0 Å². The Hall–Kier alpha value is -1.18. The van der Waals surface area contributed by atoms with Crippen LogP contribution in [0, 0.1) is 28.6 Å². The van der Waals surface area contributed by atoms with Gasteiger partial charge in [0.2, 0.25) is 0 Å². The summed E-state index contributed by atoms with van der Waals surface area (Å²) < 4.78 is 0. The van der Waals surface area contributed by atoms with Gasteiger partial charge in [0, 0.05) is 12.3 Å². The zero-order valence-corrected chi connectivity index (χ0v) is 14.7. The molecule has 2 heteroatoms. The van der Waals surface area contributed by atoms with Crippen molar-refractivity contribution in [1.82, 2.24) is 0 Å². The van der Waals surface area contributed by atoms with Gasteiger partial charge in [-0.25, -0.2) is 0 Å². The average molecular weight is 312 g/mol. The number of carbonyl (C=O) groups is 2. The van der Waals surface area contributed by atoms with E-state index in [0.717, 1.165) is 32.1 Å². The summed E-state index contributed by atoms with van der Waals surface area (Å²) in [7, 11) is 0. The molecule has 4 aliphatic rings. The predicted octanol–water partition coefficient (Wildman–Crippen LogP) is 4.64. The Bertz CT molecular complexity index is 640. The fourth-order valence-corrected chi connectivity index (χ4v) is 6.51. The summed E-state index contributed by atoms with van der Waals surface area (Å²) in [5, 5.41) is 0. The topological polar surface area (TPSA) is 34.1 Å². The maximum Gasteiger partial charge on any atom is 0.155 e. The lowest BCUT2D eigenvalue weighted by Gasteiger charge is -2.56. The van der Waals surface area contributed by atoms with Crippen molar-refractivity contribution in [2.75, 3.05) is 0 Å². The van der Waals surface area contributed by atoms with Gasteiger partial charge in [-0.3, -0.25) is 9.59 Å². The molecule has 0 aliphatic heterocycles. The second-order valence-corrected chi connectivity index (χ2v) is 8.82. The number of rotatable bonds is 1. The third kappa shape index (κ3) is 1.99. The summed E-state index contributed by atoms with van der Waals surface area (Å²) in [5.41, 5.74) is 3.33. The van der Waals surface area contributed by atoms with Crippen molar-refractivity contribution in [3.05, 3.63) is 23.3 Å². The minimum Gasteiger partial charge on any atom is -0.300 e. The highest BCUT2D eigenvalue weighted by Crippen LogP contribution is 2.64. The second-order valence-electron chi connectivity index (χ2n) is 8.82. The molecule has 0 saturated heterocycles. The number of fused-ring (bicyclic) bond motifs is 5. The van der Waals surface area contributed by atoms with Crippen molar-refractivity contribution in [3.8, 4) is 0 Å². The Morgan fingerprint density at radius 2 is 1.91 bits per heavy atom. The maximum absolute atomic E-state index is 12.1. The second kappa shape index (κ2) is 4.91. The van der Waals surface area contributed by atoms with E-state index < -0.39 is 0 Å². The van der Waals surface area contributed by atoms with Crippen LogP contribution in [0.15, 0.2) is 23.3 Å². The maximum atomic E-state index is 12.1. The standard InChI is InChI=1S/C21H28O2/c1-13(22)17-6-7-18-16-5-4-14-12-15(23)8-10-20(14,2)19(16)9-11-21(17,18)3/h7,12,16-17,19H,4-6,8-11H2,1-3H3/t16-,17+,19-,20-,21+/m0/s1. The van der Waals surface area contributed by atoms with E-state index in [2.05, 4.69) is 19.9 Å². The minimum atomic E-state index is 0.106. The van der Waals surface area contributed by atoms with Crippen LogP contribution < -0.4 is 0 Å². The van der Waals surface area contributed by atoms with Gasteiger partial charge < -0.3 is 0 Å². The number of carbonyl (C=O) groups excluding carboxylic acids is 2. The molecule has 0 amide bonds. The van der Waals surface area contributed by atoms with Gasteiger partial charge >= 0.3 is 0 Å². The summed E-state index contributed by atoms with van der Waals surface area (Å²) in [6.45, 7) is 6.52. The number of ketones is 2. The molecule has 0 aromatic carbocycles. The molecule has 0 aromatic heterocycles. The first-order valence-electron chi connectivity index (χ1n) is 9.31. The lowest BCUT2D eigenvalue weighted by atomic mass is 9.48. The van der Waals surface area contributed by atoms with Gasteiger partial charge in [-0.05, 0) is 74.2 Å². The minimum absolute atomic E-state index is 0.106. The predicted molar refractivity (Wildman–Crippen MR) is 90.9 cm³/mol. The normalized spacial score (nSPS) is 45.5. The van der Waals surface area contributed by atoms with Crippen molar-refractivity contribution >= 4 is 11.6 Å². The first-order valence-corrected chi connectivity index (χ1v) is 9.31.